The summed E-state index contributed by atoms with van der Waals surface area (Å²) in [5, 5.41) is 6.68. The van der Waals surface area contributed by atoms with Gasteiger partial charge in [-0.2, -0.15) is 4.98 Å². The van der Waals surface area contributed by atoms with Crippen molar-refractivity contribution < 1.29 is 14.1 Å². The molecule has 0 spiro atoms. The van der Waals surface area contributed by atoms with Crippen LogP contribution >= 0.6 is 0 Å². The van der Waals surface area contributed by atoms with Gasteiger partial charge in [-0.15, -0.1) is 0 Å². The fourth-order valence-corrected chi connectivity index (χ4v) is 2.75. The number of hydrogen-bond donors (Lipinski definition) is 1. The maximum atomic E-state index is 12.1. The quantitative estimate of drug-likeness (QED) is 0.827. The zero-order valence-electron chi connectivity index (χ0n) is 14.4. The molecule has 134 valence electrons. The molecule has 3 rings (SSSR count). The number of carbonyl (C=O) groups excluding carboxylic acids is 1. The van der Waals surface area contributed by atoms with Crippen LogP contribution in [0.1, 0.15) is 31.6 Å². The van der Waals surface area contributed by atoms with Gasteiger partial charge in [0.25, 0.3) is 0 Å². The summed E-state index contributed by atoms with van der Waals surface area (Å²) in [6, 6.07) is 3.49. The van der Waals surface area contributed by atoms with Crippen LogP contribution in [0.15, 0.2) is 29.0 Å². The average Bonchev–Trinajstić information content (AvgIpc) is 3.32. The van der Waals surface area contributed by atoms with E-state index in [2.05, 4.69) is 20.4 Å². The number of urea groups is 1. The number of hydrogen-bond acceptors (Lipinski definition) is 6. The van der Waals surface area contributed by atoms with E-state index in [9.17, 15) is 4.79 Å². The molecule has 0 unspecified atom stereocenters. The Morgan fingerprint density at radius 2 is 2.40 bits per heavy atom. The topological polar surface area (TPSA) is 93.4 Å². The first kappa shape index (κ1) is 17.3. The molecule has 2 aromatic heterocycles. The maximum absolute atomic E-state index is 12.1. The molecule has 1 fully saturated rings. The first-order chi connectivity index (χ1) is 12.2. The van der Waals surface area contributed by atoms with Crippen molar-refractivity contribution in [2.24, 2.45) is 0 Å². The molecule has 0 radical (unpaired) electrons. The highest BCUT2D eigenvalue weighted by atomic mass is 16.5. The Kier molecular flexibility index (Phi) is 5.95. The molecule has 3 heterocycles. The van der Waals surface area contributed by atoms with Gasteiger partial charge in [-0.05, 0) is 37.8 Å². The molecule has 0 aromatic carbocycles. The summed E-state index contributed by atoms with van der Waals surface area (Å²) in [5.41, 5.74) is 0.773. The lowest BCUT2D eigenvalue weighted by molar-refractivity contribution is 0.100. The Hall–Kier alpha value is -2.48. The molecule has 1 atom stereocenters. The van der Waals surface area contributed by atoms with Crippen molar-refractivity contribution in [3.63, 3.8) is 0 Å². The van der Waals surface area contributed by atoms with Gasteiger partial charge in [-0.1, -0.05) is 5.16 Å². The third-order valence-electron chi connectivity index (χ3n) is 4.17. The van der Waals surface area contributed by atoms with Crippen molar-refractivity contribution in [3.05, 3.63) is 30.4 Å². The molecule has 1 N–H and O–H groups in total. The number of carbonyl (C=O) groups is 1. The van der Waals surface area contributed by atoms with Gasteiger partial charge in [0, 0.05) is 38.2 Å². The van der Waals surface area contributed by atoms with Crippen LogP contribution in [0.25, 0.3) is 11.4 Å². The summed E-state index contributed by atoms with van der Waals surface area (Å²) >= 11 is 0. The van der Waals surface area contributed by atoms with Crippen LogP contribution in [-0.4, -0.2) is 52.4 Å². The van der Waals surface area contributed by atoms with Crippen molar-refractivity contribution in [3.8, 4) is 11.4 Å². The van der Waals surface area contributed by atoms with Crippen LogP contribution in [0.3, 0.4) is 0 Å². The molecular formula is C17H23N5O3. The fourth-order valence-electron chi connectivity index (χ4n) is 2.75. The Morgan fingerprint density at radius 3 is 3.16 bits per heavy atom. The fraction of sp³-hybridized carbons (Fsp3) is 0.529. The monoisotopic (exact) mass is 345 g/mol. The minimum Gasteiger partial charge on any atom is -0.378 e. The zero-order chi connectivity index (χ0) is 17.5. The Labute approximate surface area is 146 Å². The van der Waals surface area contributed by atoms with Crippen molar-refractivity contribution in [1.29, 1.82) is 0 Å². The molecule has 25 heavy (non-hydrogen) atoms. The van der Waals surface area contributed by atoms with Crippen molar-refractivity contribution in [1.82, 2.24) is 25.3 Å². The van der Waals surface area contributed by atoms with Crippen molar-refractivity contribution in [2.75, 3.05) is 20.2 Å². The van der Waals surface area contributed by atoms with Crippen molar-refractivity contribution >= 4 is 6.03 Å². The van der Waals surface area contributed by atoms with E-state index >= 15 is 0 Å². The van der Waals surface area contributed by atoms with E-state index in [1.54, 1.807) is 30.4 Å². The summed E-state index contributed by atoms with van der Waals surface area (Å²) < 4.78 is 10.7. The van der Waals surface area contributed by atoms with Crippen LogP contribution in [0.2, 0.25) is 0 Å². The molecule has 1 saturated heterocycles. The number of pyridine rings is 1. The number of aromatic nitrogens is 3. The number of ether oxygens (including phenoxy) is 1. The van der Waals surface area contributed by atoms with E-state index in [0.717, 1.165) is 37.9 Å². The van der Waals surface area contributed by atoms with E-state index < -0.39 is 0 Å². The normalized spacial score (nSPS) is 16.8. The molecule has 2 aromatic rings. The smallest absolute Gasteiger partial charge is 0.317 e. The summed E-state index contributed by atoms with van der Waals surface area (Å²) in [6.45, 7) is 1.75. The second-order valence-electron chi connectivity index (χ2n) is 6.11. The number of nitrogens with one attached hydrogen (secondary N) is 1. The first-order valence-corrected chi connectivity index (χ1v) is 8.56. The van der Waals surface area contributed by atoms with E-state index in [4.69, 9.17) is 9.26 Å². The predicted molar refractivity (Wildman–Crippen MR) is 90.6 cm³/mol. The van der Waals surface area contributed by atoms with Crippen LogP contribution in [0.4, 0.5) is 4.79 Å². The summed E-state index contributed by atoms with van der Waals surface area (Å²) in [4.78, 5) is 22.0. The van der Waals surface area contributed by atoms with E-state index in [1.165, 1.54) is 0 Å². The minimum absolute atomic E-state index is 0.159. The molecule has 1 aliphatic rings. The highest BCUT2D eigenvalue weighted by Crippen LogP contribution is 2.17. The zero-order valence-corrected chi connectivity index (χ0v) is 14.4. The highest BCUT2D eigenvalue weighted by molar-refractivity contribution is 5.73. The number of rotatable bonds is 7. The molecule has 0 aliphatic carbocycles. The molecule has 8 nitrogen and oxygen atoms in total. The number of nitrogens with zero attached hydrogens (tertiary/aromatic N) is 4. The lowest BCUT2D eigenvalue weighted by Crippen LogP contribution is -2.37. The molecule has 0 saturated carbocycles. The van der Waals surface area contributed by atoms with Gasteiger partial charge in [0.15, 0.2) is 0 Å². The predicted octanol–water partition coefficient (Wildman–Crippen LogP) is 2.23. The largest absolute Gasteiger partial charge is 0.378 e. The van der Waals surface area contributed by atoms with E-state index in [-0.39, 0.29) is 12.6 Å². The van der Waals surface area contributed by atoms with Gasteiger partial charge >= 0.3 is 6.03 Å². The van der Waals surface area contributed by atoms with Crippen LogP contribution in [0, 0.1) is 0 Å². The molecule has 8 heteroatoms. The molecule has 1 aliphatic heterocycles. The first-order valence-electron chi connectivity index (χ1n) is 8.56. The standard InChI is InChI=1S/C17H23N5O3/c1-22(9-3-6-14-7-4-10-24-14)17(23)19-12-15-20-16(21-25-15)13-5-2-8-18-11-13/h2,5,8,11,14H,3-4,6-7,9-10,12H2,1H3,(H,19,23)/t14-/m1/s1. The lowest BCUT2D eigenvalue weighted by Gasteiger charge is -2.18. The van der Waals surface area contributed by atoms with Crippen LogP contribution in [-0.2, 0) is 11.3 Å². The Morgan fingerprint density at radius 1 is 1.48 bits per heavy atom. The highest BCUT2D eigenvalue weighted by Gasteiger charge is 2.16. The maximum Gasteiger partial charge on any atom is 0.317 e. The van der Waals surface area contributed by atoms with E-state index in [0.29, 0.717) is 24.4 Å². The molecule has 2 amide bonds. The summed E-state index contributed by atoms with van der Waals surface area (Å²) in [6.07, 6.45) is 7.91. The lowest BCUT2D eigenvalue weighted by atomic mass is 10.1. The van der Waals surface area contributed by atoms with Gasteiger partial charge < -0.3 is 19.5 Å². The molecular weight excluding hydrogens is 322 g/mol. The van der Waals surface area contributed by atoms with Gasteiger partial charge in [-0.25, -0.2) is 4.79 Å². The van der Waals surface area contributed by atoms with Gasteiger partial charge in [0.1, 0.15) is 0 Å². The summed E-state index contributed by atoms with van der Waals surface area (Å²) in [5.74, 6) is 0.822. The Balaban J connectivity index is 1.40. The second kappa shape index (κ2) is 8.57. The van der Waals surface area contributed by atoms with Crippen LogP contribution < -0.4 is 5.32 Å². The SMILES string of the molecule is CN(CCC[C@@H]1CCCO1)C(=O)NCc1nc(-c2cccnc2)no1. The third kappa shape index (κ3) is 4.99. The second-order valence-corrected chi connectivity index (χ2v) is 6.11. The average molecular weight is 345 g/mol. The van der Waals surface area contributed by atoms with Crippen LogP contribution in [0.5, 0.6) is 0 Å². The summed E-state index contributed by atoms with van der Waals surface area (Å²) in [7, 11) is 1.78. The Bertz CT molecular complexity index is 670. The van der Waals surface area contributed by atoms with Gasteiger partial charge in [-0.3, -0.25) is 4.98 Å². The van der Waals surface area contributed by atoms with E-state index in [1.807, 2.05) is 6.07 Å². The van der Waals surface area contributed by atoms with Gasteiger partial charge in [0.05, 0.1) is 12.6 Å². The number of amides is 2. The van der Waals surface area contributed by atoms with Gasteiger partial charge in [0.2, 0.25) is 11.7 Å². The minimum atomic E-state index is -0.159. The van der Waals surface area contributed by atoms with Crippen molar-refractivity contribution in [2.45, 2.75) is 38.3 Å². The molecule has 0 bridgehead atoms. The third-order valence-corrected chi connectivity index (χ3v) is 4.17.